The zero-order valence-corrected chi connectivity index (χ0v) is 8.76. The number of carbonyl (C=O) groups excluding carboxylic acids is 1. The van der Waals surface area contributed by atoms with Gasteiger partial charge in [-0.2, -0.15) is 0 Å². The third-order valence-corrected chi connectivity index (χ3v) is 2.16. The zero-order valence-electron chi connectivity index (χ0n) is 8.76. The van der Waals surface area contributed by atoms with Crippen molar-refractivity contribution in [2.75, 3.05) is 0 Å². The largest absolute Gasteiger partial charge is 0.475 e. The molecule has 0 aliphatic rings. The number of carboxylic acid groups (broad SMARTS) is 1. The minimum Gasteiger partial charge on any atom is -0.475 e. The maximum Gasteiger partial charge on any atom is 0.372 e. The summed E-state index contributed by atoms with van der Waals surface area (Å²) >= 11 is 0. The van der Waals surface area contributed by atoms with Crippen molar-refractivity contribution in [1.29, 1.82) is 0 Å². The van der Waals surface area contributed by atoms with Crippen LogP contribution in [0.1, 0.15) is 40.5 Å². The third kappa shape index (κ3) is 4.06. The summed E-state index contributed by atoms with van der Waals surface area (Å²) in [7, 11) is 0. The van der Waals surface area contributed by atoms with Gasteiger partial charge in [-0.05, 0) is 12.3 Å². The molecule has 0 rings (SSSR count). The topological polar surface area (TPSA) is 54.4 Å². The lowest BCUT2D eigenvalue weighted by atomic mass is 9.81. The van der Waals surface area contributed by atoms with Gasteiger partial charge < -0.3 is 5.11 Å². The smallest absolute Gasteiger partial charge is 0.372 e. The highest BCUT2D eigenvalue weighted by Gasteiger charge is 2.32. The van der Waals surface area contributed by atoms with Crippen LogP contribution in [0.2, 0.25) is 0 Å². The molecule has 3 nitrogen and oxygen atoms in total. The molecule has 0 fully saturated rings. The molecule has 0 aliphatic heterocycles. The van der Waals surface area contributed by atoms with Crippen molar-refractivity contribution in [2.24, 2.45) is 11.3 Å². The number of rotatable bonds is 5. The molecule has 0 saturated carbocycles. The Hall–Kier alpha value is -0.860. The Bertz CT molecular complexity index is 204. The van der Waals surface area contributed by atoms with Crippen molar-refractivity contribution < 1.29 is 14.7 Å². The van der Waals surface area contributed by atoms with Crippen molar-refractivity contribution in [1.82, 2.24) is 0 Å². The molecule has 0 unspecified atom stereocenters. The Morgan fingerprint density at radius 3 is 2.08 bits per heavy atom. The summed E-state index contributed by atoms with van der Waals surface area (Å²) in [4.78, 5) is 21.6. The molecule has 0 bridgehead atoms. The van der Waals surface area contributed by atoms with Gasteiger partial charge in [-0.15, -0.1) is 0 Å². The number of carbonyl (C=O) groups is 2. The molecule has 0 heterocycles. The summed E-state index contributed by atoms with van der Waals surface area (Å²) in [5.74, 6) is -1.51. The van der Waals surface area contributed by atoms with E-state index in [1.165, 1.54) is 0 Å². The second-order valence-corrected chi connectivity index (χ2v) is 4.45. The van der Waals surface area contributed by atoms with Crippen molar-refractivity contribution in [3.05, 3.63) is 0 Å². The summed E-state index contributed by atoms with van der Waals surface area (Å²) in [5, 5.41) is 8.53. The van der Waals surface area contributed by atoms with Crippen LogP contribution in [-0.2, 0) is 9.59 Å². The van der Waals surface area contributed by atoms with Crippen LogP contribution in [0.3, 0.4) is 0 Å². The van der Waals surface area contributed by atoms with Crippen LogP contribution in [-0.4, -0.2) is 16.9 Å². The molecule has 0 atom stereocenters. The van der Waals surface area contributed by atoms with Crippen LogP contribution < -0.4 is 0 Å². The fourth-order valence-corrected chi connectivity index (χ4v) is 1.05. The predicted octanol–water partition coefficient (Wildman–Crippen LogP) is 2.10. The van der Waals surface area contributed by atoms with Crippen LogP contribution in [0.15, 0.2) is 0 Å². The average Bonchev–Trinajstić information content (AvgIpc) is 1.99. The highest BCUT2D eigenvalue weighted by molar-refractivity contribution is 6.34. The maximum atomic E-state index is 11.2. The number of Topliss-reactive ketones (excluding diaryl/α,β-unsaturated/α-hetero) is 1. The minimum atomic E-state index is -1.33. The molecule has 0 radical (unpaired) electrons. The van der Waals surface area contributed by atoms with Gasteiger partial charge in [0.1, 0.15) is 0 Å². The molecule has 0 spiro atoms. The standard InChI is InChI=1S/C10H18O3/c1-7(2)5-6-10(3,4)8(11)9(12)13/h7H,5-6H2,1-4H3,(H,12,13). The summed E-state index contributed by atoms with van der Waals surface area (Å²) in [5.41, 5.74) is -0.726. The lowest BCUT2D eigenvalue weighted by molar-refractivity contribution is -0.153. The molecule has 0 aromatic heterocycles. The second-order valence-electron chi connectivity index (χ2n) is 4.45. The number of ketones is 1. The third-order valence-electron chi connectivity index (χ3n) is 2.16. The van der Waals surface area contributed by atoms with Gasteiger partial charge in [0, 0.05) is 5.41 Å². The molecular formula is C10H18O3. The van der Waals surface area contributed by atoms with Crippen LogP contribution in [0.5, 0.6) is 0 Å². The quantitative estimate of drug-likeness (QED) is 0.669. The monoisotopic (exact) mass is 186 g/mol. The second kappa shape index (κ2) is 4.40. The van der Waals surface area contributed by atoms with Crippen LogP contribution in [0.25, 0.3) is 0 Å². The first-order valence-corrected chi connectivity index (χ1v) is 4.55. The van der Waals surface area contributed by atoms with E-state index in [1.54, 1.807) is 13.8 Å². The first kappa shape index (κ1) is 12.1. The molecule has 0 saturated heterocycles. The predicted molar refractivity (Wildman–Crippen MR) is 50.5 cm³/mol. The van der Waals surface area contributed by atoms with Gasteiger partial charge in [-0.1, -0.05) is 34.1 Å². The highest BCUT2D eigenvalue weighted by atomic mass is 16.4. The molecule has 76 valence electrons. The van der Waals surface area contributed by atoms with Gasteiger partial charge in [0.2, 0.25) is 5.78 Å². The van der Waals surface area contributed by atoms with E-state index in [0.29, 0.717) is 12.3 Å². The summed E-state index contributed by atoms with van der Waals surface area (Å²) in [6.45, 7) is 7.49. The van der Waals surface area contributed by atoms with Gasteiger partial charge in [-0.25, -0.2) is 4.79 Å². The van der Waals surface area contributed by atoms with Crippen molar-refractivity contribution in [3.8, 4) is 0 Å². The van der Waals surface area contributed by atoms with Crippen molar-refractivity contribution >= 4 is 11.8 Å². The SMILES string of the molecule is CC(C)CCC(C)(C)C(=O)C(=O)O. The molecule has 1 N–H and O–H groups in total. The lowest BCUT2D eigenvalue weighted by Gasteiger charge is -2.21. The average molecular weight is 186 g/mol. The molecule has 0 aliphatic carbocycles. The highest BCUT2D eigenvalue weighted by Crippen LogP contribution is 2.25. The van der Waals surface area contributed by atoms with Gasteiger partial charge >= 0.3 is 5.97 Å². The number of aliphatic carboxylic acids is 1. The van der Waals surface area contributed by atoms with Crippen LogP contribution in [0.4, 0.5) is 0 Å². The van der Waals surface area contributed by atoms with Gasteiger partial charge in [0.05, 0.1) is 0 Å². The van der Waals surface area contributed by atoms with E-state index < -0.39 is 17.2 Å². The fourth-order valence-electron chi connectivity index (χ4n) is 1.05. The molecule has 0 amide bonds. The number of hydrogen-bond donors (Lipinski definition) is 1. The number of carboxylic acids is 1. The Kier molecular flexibility index (Phi) is 4.11. The molecule has 3 heteroatoms. The van der Waals surface area contributed by atoms with E-state index in [1.807, 2.05) is 0 Å². The fraction of sp³-hybridized carbons (Fsp3) is 0.800. The van der Waals surface area contributed by atoms with Crippen molar-refractivity contribution in [2.45, 2.75) is 40.5 Å². The number of hydrogen-bond acceptors (Lipinski definition) is 2. The van der Waals surface area contributed by atoms with Gasteiger partial charge in [0.25, 0.3) is 0 Å². The van der Waals surface area contributed by atoms with E-state index >= 15 is 0 Å². The van der Waals surface area contributed by atoms with E-state index in [-0.39, 0.29) is 0 Å². The Morgan fingerprint density at radius 1 is 1.31 bits per heavy atom. The van der Waals surface area contributed by atoms with E-state index in [4.69, 9.17) is 5.11 Å². The summed E-state index contributed by atoms with van der Waals surface area (Å²) in [6, 6.07) is 0. The lowest BCUT2D eigenvalue weighted by Crippen LogP contribution is -2.31. The maximum absolute atomic E-state index is 11.2. The molecule has 13 heavy (non-hydrogen) atoms. The van der Waals surface area contributed by atoms with Gasteiger partial charge in [0.15, 0.2) is 0 Å². The van der Waals surface area contributed by atoms with E-state index in [9.17, 15) is 9.59 Å². The van der Waals surface area contributed by atoms with E-state index in [2.05, 4.69) is 13.8 Å². The normalized spacial score (nSPS) is 11.8. The summed E-state index contributed by atoms with van der Waals surface area (Å²) < 4.78 is 0. The Labute approximate surface area is 79.1 Å². The van der Waals surface area contributed by atoms with E-state index in [0.717, 1.165) is 6.42 Å². The Balaban J connectivity index is 4.22. The molecule has 0 aromatic carbocycles. The first-order valence-electron chi connectivity index (χ1n) is 4.55. The molecule has 0 aromatic rings. The van der Waals surface area contributed by atoms with Crippen molar-refractivity contribution in [3.63, 3.8) is 0 Å². The Morgan fingerprint density at radius 2 is 1.77 bits per heavy atom. The molecular weight excluding hydrogens is 168 g/mol. The summed E-state index contributed by atoms with van der Waals surface area (Å²) in [6.07, 6.45) is 1.52. The van der Waals surface area contributed by atoms with Gasteiger partial charge in [-0.3, -0.25) is 4.79 Å². The van der Waals surface area contributed by atoms with Crippen LogP contribution >= 0.6 is 0 Å². The first-order chi connectivity index (χ1) is 5.77. The van der Waals surface area contributed by atoms with Crippen LogP contribution in [0, 0.1) is 11.3 Å². The minimum absolute atomic E-state index is 0.501. The zero-order chi connectivity index (χ0) is 10.6.